The number of rotatable bonds is 3. The van der Waals surface area contributed by atoms with Gasteiger partial charge in [0.25, 0.3) is 0 Å². The van der Waals surface area contributed by atoms with Crippen LogP contribution in [-0.2, 0) is 4.79 Å². The van der Waals surface area contributed by atoms with Crippen LogP contribution in [0.2, 0.25) is 20.1 Å². The number of ether oxygens (including phenoxy) is 1. The summed E-state index contributed by atoms with van der Waals surface area (Å²) in [6.45, 7) is 0. The monoisotopic (exact) mass is 617 g/mol. The molecule has 3 aromatic carbocycles. The topological polar surface area (TPSA) is 58.6 Å². The molecule has 11 heteroatoms. The van der Waals surface area contributed by atoms with Crippen molar-refractivity contribution >= 4 is 58.4 Å². The number of carbonyl (C=O) groups is 1. The molecule has 0 radical (unpaired) electrons. The quantitative estimate of drug-likeness (QED) is 0.308. The molecule has 0 bridgehead atoms. The molecule has 5 rings (SSSR count). The van der Waals surface area contributed by atoms with E-state index in [-0.39, 0.29) is 21.4 Å². The predicted octanol–water partition coefficient (Wildman–Crippen LogP) is 8.96. The first-order chi connectivity index (χ1) is 18.4. The molecule has 3 atom stereocenters. The summed E-state index contributed by atoms with van der Waals surface area (Å²) in [6.07, 6.45) is -4.29. The van der Waals surface area contributed by atoms with Gasteiger partial charge < -0.3 is 15.2 Å². The van der Waals surface area contributed by atoms with Gasteiger partial charge in [-0.15, -0.1) is 0 Å². The minimum Gasteiger partial charge on any atom is -0.478 e. The van der Waals surface area contributed by atoms with Crippen molar-refractivity contribution in [2.75, 3.05) is 7.05 Å². The first-order valence-electron chi connectivity index (χ1n) is 11.8. The molecule has 206 valence electrons. The zero-order valence-electron chi connectivity index (χ0n) is 20.3. The van der Waals surface area contributed by atoms with Crippen LogP contribution in [0, 0.1) is 0 Å². The van der Waals surface area contributed by atoms with Gasteiger partial charge in [-0.25, -0.2) is 4.79 Å². The fraction of sp³-hybridized carbons (Fsp3) is 0.250. The molecular formula is C28H22Cl4F3NO3. The molecule has 0 amide bonds. The molecule has 39 heavy (non-hydrogen) atoms. The van der Waals surface area contributed by atoms with Crippen LogP contribution < -0.4 is 10.1 Å². The summed E-state index contributed by atoms with van der Waals surface area (Å²) in [6, 6.07) is 17.6. The summed E-state index contributed by atoms with van der Waals surface area (Å²) < 4.78 is 43.0. The lowest BCUT2D eigenvalue weighted by Crippen LogP contribution is -2.40. The summed E-state index contributed by atoms with van der Waals surface area (Å²) in [5.74, 6) is -1.55. The van der Waals surface area contributed by atoms with Gasteiger partial charge in [-0.2, -0.15) is 13.2 Å². The van der Waals surface area contributed by atoms with Gasteiger partial charge in [0, 0.05) is 22.5 Å². The molecule has 0 aromatic heterocycles. The van der Waals surface area contributed by atoms with E-state index in [1.165, 1.54) is 28.8 Å². The van der Waals surface area contributed by atoms with E-state index in [1.54, 1.807) is 0 Å². The zero-order valence-corrected chi connectivity index (χ0v) is 23.4. The number of carboxylic acid groups (broad SMARTS) is 1. The van der Waals surface area contributed by atoms with E-state index in [0.717, 1.165) is 18.9 Å². The van der Waals surface area contributed by atoms with Crippen LogP contribution in [0.25, 0.3) is 6.08 Å². The fourth-order valence-electron chi connectivity index (χ4n) is 4.82. The number of hydrogen-bond acceptors (Lipinski definition) is 3. The van der Waals surface area contributed by atoms with E-state index in [1.807, 2.05) is 19.2 Å². The van der Waals surface area contributed by atoms with Gasteiger partial charge in [0.1, 0.15) is 5.75 Å². The van der Waals surface area contributed by atoms with E-state index in [9.17, 15) is 18.0 Å². The molecule has 4 nitrogen and oxygen atoms in total. The van der Waals surface area contributed by atoms with E-state index in [4.69, 9.17) is 56.2 Å². The van der Waals surface area contributed by atoms with Gasteiger partial charge in [-0.05, 0) is 66.9 Å². The zero-order chi connectivity index (χ0) is 28.5. The summed E-state index contributed by atoms with van der Waals surface area (Å²) in [5.41, 5.74) is 3.23. The van der Waals surface area contributed by atoms with Crippen molar-refractivity contribution in [3.05, 3.63) is 103 Å². The Balaban J connectivity index is 0.000000181. The van der Waals surface area contributed by atoms with Crippen molar-refractivity contribution < 1.29 is 27.8 Å². The Kier molecular flexibility index (Phi) is 9.08. The Hall–Kier alpha value is -2.42. The third-order valence-corrected chi connectivity index (χ3v) is 7.83. The first kappa shape index (κ1) is 29.6. The minimum absolute atomic E-state index is 0.0930. The summed E-state index contributed by atoms with van der Waals surface area (Å²) in [4.78, 5) is 10.9. The van der Waals surface area contributed by atoms with Gasteiger partial charge in [0.2, 0.25) is 6.10 Å². The van der Waals surface area contributed by atoms with Crippen molar-refractivity contribution in [1.29, 1.82) is 0 Å². The Morgan fingerprint density at radius 1 is 0.949 bits per heavy atom. The molecular weight excluding hydrogens is 597 g/mol. The summed E-state index contributed by atoms with van der Waals surface area (Å²) >= 11 is 23.6. The highest BCUT2D eigenvalue weighted by molar-refractivity contribution is 6.42. The van der Waals surface area contributed by atoms with Crippen molar-refractivity contribution in [2.24, 2.45) is 0 Å². The van der Waals surface area contributed by atoms with Crippen LogP contribution in [0.15, 0.2) is 60.2 Å². The number of halogens is 7. The molecule has 0 saturated carbocycles. The number of aliphatic carboxylic acids is 1. The largest absolute Gasteiger partial charge is 0.478 e. The minimum atomic E-state index is -4.86. The Bertz CT molecular complexity index is 1430. The van der Waals surface area contributed by atoms with Crippen molar-refractivity contribution in [2.45, 2.75) is 37.1 Å². The van der Waals surface area contributed by atoms with Crippen LogP contribution in [-0.4, -0.2) is 30.4 Å². The maximum absolute atomic E-state index is 12.8. The SMILES string of the molecule is CN[C@H]1CC[C@@H](c2ccc(Cl)c(Cl)c2)c2ccccc21.O=C(O)C1=Cc2cc(Cl)cc(Cl)c2O[C@@H]1C(F)(F)F. The number of carboxylic acids is 1. The van der Waals surface area contributed by atoms with Crippen LogP contribution >= 0.6 is 46.4 Å². The van der Waals surface area contributed by atoms with Gasteiger partial charge in [0.15, 0.2) is 0 Å². The molecule has 1 aliphatic carbocycles. The molecule has 1 aliphatic heterocycles. The standard InChI is InChI=1S/C17H17Cl2N.C11H5Cl2F3O3/c1-20-17-9-7-12(13-4-2-3-5-14(13)17)11-6-8-15(18)16(19)10-11;12-5-1-4-2-6(10(17)18)9(11(14,15)16)19-8(4)7(13)3-5/h2-6,8,10,12,17,20H,7,9H2,1H3;1-3,9H,(H,17,18)/t12-,17-;9-/m00/s1. The fourth-order valence-corrected chi connectivity index (χ4v) is 5.68. The summed E-state index contributed by atoms with van der Waals surface area (Å²) in [5, 5.41) is 13.5. The lowest BCUT2D eigenvalue weighted by molar-refractivity contribution is -0.187. The number of nitrogens with one attached hydrogen (secondary N) is 1. The predicted molar refractivity (Wildman–Crippen MR) is 148 cm³/mol. The summed E-state index contributed by atoms with van der Waals surface area (Å²) in [7, 11) is 2.03. The molecule has 1 heterocycles. The number of alkyl halides is 3. The van der Waals surface area contributed by atoms with Crippen LogP contribution in [0.3, 0.4) is 0 Å². The van der Waals surface area contributed by atoms with Gasteiger partial charge >= 0.3 is 12.1 Å². The molecule has 0 fully saturated rings. The Labute approximate surface area is 243 Å². The number of fused-ring (bicyclic) bond motifs is 2. The third-order valence-electron chi connectivity index (χ3n) is 6.60. The van der Waals surface area contributed by atoms with Crippen molar-refractivity contribution in [3.63, 3.8) is 0 Å². The smallest absolute Gasteiger partial charge is 0.430 e. The van der Waals surface area contributed by atoms with E-state index in [0.29, 0.717) is 22.0 Å². The number of hydrogen-bond donors (Lipinski definition) is 2. The molecule has 0 saturated heterocycles. The normalized spacial score (nSPS) is 20.0. The lowest BCUT2D eigenvalue weighted by atomic mass is 9.77. The number of benzene rings is 3. The Morgan fingerprint density at radius 3 is 2.26 bits per heavy atom. The van der Waals surface area contributed by atoms with Crippen molar-refractivity contribution in [3.8, 4) is 5.75 Å². The highest BCUT2D eigenvalue weighted by Crippen LogP contribution is 2.43. The second kappa shape index (κ2) is 12.0. The van der Waals surface area contributed by atoms with Crippen LogP contribution in [0.4, 0.5) is 13.2 Å². The molecule has 2 aliphatic rings. The maximum atomic E-state index is 12.8. The van der Waals surface area contributed by atoms with E-state index >= 15 is 0 Å². The highest BCUT2D eigenvalue weighted by Gasteiger charge is 2.48. The highest BCUT2D eigenvalue weighted by atomic mass is 35.5. The lowest BCUT2D eigenvalue weighted by Gasteiger charge is -2.32. The second-order valence-electron chi connectivity index (χ2n) is 9.02. The Morgan fingerprint density at radius 2 is 1.64 bits per heavy atom. The third kappa shape index (κ3) is 6.50. The van der Waals surface area contributed by atoms with Crippen molar-refractivity contribution in [1.82, 2.24) is 5.32 Å². The second-order valence-corrected chi connectivity index (χ2v) is 10.7. The van der Waals surface area contributed by atoms with Gasteiger partial charge in [-0.3, -0.25) is 0 Å². The van der Waals surface area contributed by atoms with Crippen LogP contribution in [0.5, 0.6) is 5.75 Å². The van der Waals surface area contributed by atoms with Gasteiger partial charge in [-0.1, -0.05) is 76.7 Å². The average Bonchev–Trinajstić information content (AvgIpc) is 2.88. The average molecular weight is 619 g/mol. The molecule has 0 spiro atoms. The molecule has 3 aromatic rings. The first-order valence-corrected chi connectivity index (χ1v) is 13.3. The van der Waals surface area contributed by atoms with Gasteiger partial charge in [0.05, 0.1) is 20.6 Å². The molecule has 2 N–H and O–H groups in total. The van der Waals surface area contributed by atoms with E-state index < -0.39 is 23.8 Å². The van der Waals surface area contributed by atoms with E-state index in [2.05, 4.69) is 35.6 Å². The molecule has 0 unspecified atom stereocenters. The maximum Gasteiger partial charge on any atom is 0.430 e. The van der Waals surface area contributed by atoms with Crippen LogP contribution in [0.1, 0.15) is 47.1 Å².